The number of hydrogen-bond donors (Lipinski definition) is 1. The number of fused-ring (bicyclic) bond motifs is 1. The zero-order valence-electron chi connectivity index (χ0n) is 22.0. The van der Waals surface area contributed by atoms with Gasteiger partial charge in [0.25, 0.3) is 0 Å². The van der Waals surface area contributed by atoms with Crippen molar-refractivity contribution in [3.05, 3.63) is 96.1 Å². The molecule has 4 fully saturated rings. The number of rotatable bonds is 6. The zero-order valence-corrected chi connectivity index (χ0v) is 22.0. The Morgan fingerprint density at radius 2 is 1.48 bits per heavy atom. The van der Waals surface area contributed by atoms with Crippen molar-refractivity contribution >= 4 is 17.9 Å². The van der Waals surface area contributed by atoms with Gasteiger partial charge < -0.3 is 19.5 Å². The van der Waals surface area contributed by atoms with Gasteiger partial charge in [-0.3, -0.25) is 9.59 Å². The Kier molecular flexibility index (Phi) is 6.19. The fourth-order valence-electron chi connectivity index (χ4n) is 7.37. The van der Waals surface area contributed by atoms with E-state index in [9.17, 15) is 14.4 Å². The summed E-state index contributed by atoms with van der Waals surface area (Å²) < 4.78 is 18.1. The molecule has 2 saturated heterocycles. The van der Waals surface area contributed by atoms with Crippen LogP contribution in [0.25, 0.3) is 11.1 Å². The van der Waals surface area contributed by atoms with Crippen LogP contribution < -0.4 is 5.32 Å². The normalized spacial score (nSPS) is 29.6. The van der Waals surface area contributed by atoms with E-state index in [0.717, 1.165) is 29.8 Å². The Morgan fingerprint density at radius 3 is 2.17 bits per heavy atom. The summed E-state index contributed by atoms with van der Waals surface area (Å²) in [6.45, 7) is 1.46. The summed E-state index contributed by atoms with van der Waals surface area (Å²) in [6.07, 6.45) is 0.719. The minimum absolute atomic E-state index is 0.144. The van der Waals surface area contributed by atoms with Crippen molar-refractivity contribution < 1.29 is 28.6 Å². The Morgan fingerprint density at radius 1 is 0.825 bits per heavy atom. The lowest BCUT2D eigenvalue weighted by Crippen LogP contribution is -2.48. The molecule has 40 heavy (non-hydrogen) atoms. The third kappa shape index (κ3) is 4.11. The lowest BCUT2D eigenvalue weighted by molar-refractivity contribution is -0.175. The van der Waals surface area contributed by atoms with Crippen molar-refractivity contribution in [2.24, 2.45) is 23.7 Å². The van der Waals surface area contributed by atoms with Gasteiger partial charge in [0.1, 0.15) is 17.8 Å². The van der Waals surface area contributed by atoms with Crippen molar-refractivity contribution in [3.8, 4) is 11.1 Å². The van der Waals surface area contributed by atoms with E-state index >= 15 is 0 Å². The van der Waals surface area contributed by atoms with Gasteiger partial charge in [0.2, 0.25) is 0 Å². The summed E-state index contributed by atoms with van der Waals surface area (Å²) in [7, 11) is 0. The fourth-order valence-corrected chi connectivity index (χ4v) is 7.37. The molecule has 204 valence electrons. The quantitative estimate of drug-likeness (QED) is 0.366. The molecule has 2 bridgehead atoms. The van der Waals surface area contributed by atoms with E-state index in [0.29, 0.717) is 24.8 Å². The number of piperidine rings is 1. The van der Waals surface area contributed by atoms with Gasteiger partial charge in [-0.1, -0.05) is 72.8 Å². The summed E-state index contributed by atoms with van der Waals surface area (Å²) >= 11 is 0. The van der Waals surface area contributed by atoms with Crippen molar-refractivity contribution in [1.82, 2.24) is 5.32 Å². The number of esters is 3. The predicted octanol–water partition coefficient (Wildman–Crippen LogP) is 4.51. The number of ether oxygens (including phenoxy) is 3. The number of nitrogens with one attached hydrogen (secondary N) is 1. The summed E-state index contributed by atoms with van der Waals surface area (Å²) in [5.74, 6) is -2.96. The first-order valence-electron chi connectivity index (χ1n) is 14.1. The SMILES string of the molecule is O=C(OC1C2CC3C1OC(=O)C3C2C(=O)OC1(c2ccccc2)CCNCC1)c1ccc(-c2ccccc2)cc1. The molecule has 7 heteroatoms. The van der Waals surface area contributed by atoms with Crippen molar-refractivity contribution in [3.63, 3.8) is 0 Å². The van der Waals surface area contributed by atoms with Crippen LogP contribution in [-0.4, -0.2) is 43.2 Å². The summed E-state index contributed by atoms with van der Waals surface area (Å²) in [4.78, 5) is 40.1. The van der Waals surface area contributed by atoms with Crippen molar-refractivity contribution in [1.29, 1.82) is 0 Å². The predicted molar refractivity (Wildman–Crippen MR) is 146 cm³/mol. The Balaban J connectivity index is 1.11. The number of hydrogen-bond acceptors (Lipinski definition) is 7. The van der Waals surface area contributed by atoms with Gasteiger partial charge >= 0.3 is 17.9 Å². The van der Waals surface area contributed by atoms with E-state index in [4.69, 9.17) is 14.2 Å². The number of carbonyl (C=O) groups excluding carboxylic acids is 3. The molecule has 3 aromatic carbocycles. The first kappa shape index (κ1) is 25.0. The second-order valence-electron chi connectivity index (χ2n) is 11.4. The maximum absolute atomic E-state index is 13.9. The molecule has 0 radical (unpaired) electrons. The molecular formula is C33H31NO6. The maximum Gasteiger partial charge on any atom is 0.338 e. The average Bonchev–Trinajstić information content (AvgIpc) is 3.63. The number of benzene rings is 3. The molecule has 7 rings (SSSR count). The van der Waals surface area contributed by atoms with Crippen LogP contribution in [0.1, 0.15) is 35.2 Å². The zero-order chi connectivity index (χ0) is 27.3. The van der Waals surface area contributed by atoms with Gasteiger partial charge in [-0.15, -0.1) is 0 Å². The van der Waals surface area contributed by atoms with Gasteiger partial charge in [-0.2, -0.15) is 0 Å². The topological polar surface area (TPSA) is 90.9 Å². The highest BCUT2D eigenvalue weighted by molar-refractivity contribution is 5.91. The lowest BCUT2D eigenvalue weighted by Gasteiger charge is -2.39. The Hall–Kier alpha value is -3.97. The summed E-state index contributed by atoms with van der Waals surface area (Å²) in [5, 5.41) is 3.35. The van der Waals surface area contributed by atoms with Crippen molar-refractivity contribution in [2.75, 3.05) is 13.1 Å². The van der Waals surface area contributed by atoms with E-state index in [1.54, 1.807) is 12.1 Å². The summed E-state index contributed by atoms with van der Waals surface area (Å²) in [5.41, 5.74) is 2.68. The molecule has 6 unspecified atom stereocenters. The minimum atomic E-state index is -0.750. The van der Waals surface area contributed by atoms with Gasteiger partial charge in [-0.05, 0) is 48.3 Å². The van der Waals surface area contributed by atoms with Gasteiger partial charge in [0, 0.05) is 24.7 Å². The molecule has 2 aliphatic carbocycles. The molecular weight excluding hydrogens is 506 g/mol. The molecule has 7 nitrogen and oxygen atoms in total. The van der Waals surface area contributed by atoms with E-state index < -0.39 is 41.6 Å². The van der Waals surface area contributed by atoms with Crippen LogP contribution in [0.2, 0.25) is 0 Å². The third-order valence-electron chi connectivity index (χ3n) is 9.30. The molecule has 0 aromatic heterocycles. The Bertz CT molecular complexity index is 1420. The van der Waals surface area contributed by atoms with Gasteiger partial charge in [0.15, 0.2) is 0 Å². The molecule has 2 aliphatic heterocycles. The van der Waals surface area contributed by atoms with Crippen LogP contribution in [0.4, 0.5) is 0 Å². The molecule has 4 aliphatic rings. The van der Waals surface area contributed by atoms with Crippen LogP contribution in [0.5, 0.6) is 0 Å². The average molecular weight is 538 g/mol. The van der Waals surface area contributed by atoms with E-state index in [1.807, 2.05) is 72.8 Å². The first-order chi connectivity index (χ1) is 19.5. The Labute approximate surface area is 232 Å². The monoisotopic (exact) mass is 537 g/mol. The highest BCUT2D eigenvalue weighted by Crippen LogP contribution is 2.59. The minimum Gasteiger partial charge on any atom is -0.458 e. The van der Waals surface area contributed by atoms with Crippen molar-refractivity contribution in [2.45, 2.75) is 37.1 Å². The molecule has 2 saturated carbocycles. The number of carbonyl (C=O) groups is 3. The highest BCUT2D eigenvalue weighted by atomic mass is 16.6. The molecule has 0 spiro atoms. The van der Waals surface area contributed by atoms with E-state index in [-0.39, 0.29) is 17.8 Å². The standard InChI is InChI=1S/C33H31NO6/c35-30(22-13-11-21(12-14-22)20-7-3-1-4-8-20)38-28-25-19-24-26(31(36)39-29(24)28)27(25)32(37)40-33(15-17-34-18-16-33)23-9-5-2-6-10-23/h1-14,24-29,34H,15-19H2. The lowest BCUT2D eigenvalue weighted by atomic mass is 9.78. The van der Waals surface area contributed by atoms with Crippen LogP contribution in [0.3, 0.4) is 0 Å². The van der Waals surface area contributed by atoms with E-state index in [1.165, 1.54) is 0 Å². The third-order valence-corrected chi connectivity index (χ3v) is 9.30. The highest BCUT2D eigenvalue weighted by Gasteiger charge is 2.70. The van der Waals surface area contributed by atoms with Gasteiger partial charge in [-0.25, -0.2) is 4.79 Å². The first-order valence-corrected chi connectivity index (χ1v) is 14.1. The van der Waals surface area contributed by atoms with Crippen LogP contribution in [0, 0.1) is 23.7 Å². The molecule has 6 atom stereocenters. The van der Waals surface area contributed by atoms with Crippen LogP contribution in [-0.2, 0) is 29.4 Å². The fraction of sp³-hybridized carbons (Fsp3) is 0.364. The van der Waals surface area contributed by atoms with E-state index in [2.05, 4.69) is 5.32 Å². The molecule has 0 amide bonds. The van der Waals surface area contributed by atoms with Gasteiger partial charge in [0.05, 0.1) is 17.4 Å². The summed E-state index contributed by atoms with van der Waals surface area (Å²) in [6, 6.07) is 27.0. The molecule has 2 heterocycles. The van der Waals surface area contributed by atoms with Crippen LogP contribution >= 0.6 is 0 Å². The maximum atomic E-state index is 13.9. The largest absolute Gasteiger partial charge is 0.458 e. The molecule has 3 aromatic rings. The second-order valence-corrected chi connectivity index (χ2v) is 11.4. The van der Waals surface area contributed by atoms with Crippen LogP contribution in [0.15, 0.2) is 84.9 Å². The smallest absolute Gasteiger partial charge is 0.338 e. The molecule has 1 N–H and O–H groups in total. The second kappa shape index (κ2) is 9.89.